The molecule has 0 spiro atoms. The van der Waals surface area contributed by atoms with Crippen LogP contribution in [0.15, 0.2) is 53.0 Å². The number of piperidine rings is 1. The van der Waals surface area contributed by atoms with Gasteiger partial charge in [-0.25, -0.2) is 0 Å². The molecule has 2 aliphatic heterocycles. The number of carbonyl (C=O) groups excluding carboxylic acids is 3. The van der Waals surface area contributed by atoms with Crippen LogP contribution in [-0.4, -0.2) is 42.3 Å². The molecule has 2 aromatic rings. The number of hydrogen-bond acceptors (Lipinski definition) is 3. The molecule has 2 saturated heterocycles. The summed E-state index contributed by atoms with van der Waals surface area (Å²) in [5.74, 6) is -0.845. The van der Waals surface area contributed by atoms with E-state index in [-0.39, 0.29) is 24.1 Å². The lowest BCUT2D eigenvalue weighted by molar-refractivity contribution is -0.122. The van der Waals surface area contributed by atoms with Crippen molar-refractivity contribution in [3.63, 3.8) is 0 Å². The second-order valence-corrected chi connectivity index (χ2v) is 8.60. The number of anilines is 2. The van der Waals surface area contributed by atoms with E-state index in [4.69, 9.17) is 0 Å². The van der Waals surface area contributed by atoms with Crippen LogP contribution in [0.3, 0.4) is 0 Å². The molecule has 1 atom stereocenters. The molecule has 30 heavy (non-hydrogen) atoms. The van der Waals surface area contributed by atoms with Crippen LogP contribution in [0, 0.1) is 5.92 Å². The second-order valence-electron chi connectivity index (χ2n) is 7.74. The van der Waals surface area contributed by atoms with Crippen molar-refractivity contribution >= 4 is 45.0 Å². The van der Waals surface area contributed by atoms with Crippen molar-refractivity contribution in [2.24, 2.45) is 5.92 Å². The van der Waals surface area contributed by atoms with Gasteiger partial charge in [-0.2, -0.15) is 0 Å². The number of rotatable bonds is 4. The van der Waals surface area contributed by atoms with Crippen molar-refractivity contribution in [1.29, 1.82) is 0 Å². The van der Waals surface area contributed by atoms with Crippen LogP contribution < -0.4 is 10.2 Å². The lowest BCUT2D eigenvalue weighted by Crippen LogP contribution is -2.36. The maximum Gasteiger partial charge on any atom is 0.255 e. The molecule has 1 unspecified atom stereocenters. The van der Waals surface area contributed by atoms with Gasteiger partial charge in [0.1, 0.15) is 0 Å². The third-order valence-corrected chi connectivity index (χ3v) is 6.37. The van der Waals surface area contributed by atoms with Gasteiger partial charge in [-0.1, -0.05) is 24.3 Å². The molecule has 2 heterocycles. The molecule has 0 saturated carbocycles. The first-order valence-electron chi connectivity index (χ1n) is 10.3. The Hall–Kier alpha value is -2.67. The highest BCUT2D eigenvalue weighted by Gasteiger charge is 2.36. The standard InChI is InChI=1S/C23H24BrN3O3/c24-18-9-3-5-11-20(18)27-15-16(14-21(27)28)22(29)25-19-10-4-2-8-17(19)23(30)26-12-6-1-7-13-26/h2-5,8-11,16H,1,6-7,12-15H2,(H,25,29). The van der Waals surface area contributed by atoms with Gasteiger partial charge in [0.05, 0.1) is 22.9 Å². The number of nitrogens with one attached hydrogen (secondary N) is 1. The third kappa shape index (κ3) is 4.26. The number of nitrogens with zero attached hydrogens (tertiary/aromatic N) is 2. The van der Waals surface area contributed by atoms with E-state index in [9.17, 15) is 14.4 Å². The summed E-state index contributed by atoms with van der Waals surface area (Å²) in [6, 6.07) is 14.6. The maximum absolute atomic E-state index is 13.0. The van der Waals surface area contributed by atoms with E-state index in [1.165, 1.54) is 0 Å². The summed E-state index contributed by atoms with van der Waals surface area (Å²) in [5, 5.41) is 2.90. The lowest BCUT2D eigenvalue weighted by Gasteiger charge is -2.27. The molecule has 0 aliphatic carbocycles. The number of carbonyl (C=O) groups is 3. The maximum atomic E-state index is 13.0. The van der Waals surface area contributed by atoms with E-state index < -0.39 is 5.92 Å². The highest BCUT2D eigenvalue weighted by Crippen LogP contribution is 2.32. The van der Waals surface area contributed by atoms with Gasteiger partial charge in [0.2, 0.25) is 11.8 Å². The predicted molar refractivity (Wildman–Crippen MR) is 119 cm³/mol. The molecule has 3 amide bonds. The van der Waals surface area contributed by atoms with Crippen molar-refractivity contribution in [3.05, 3.63) is 58.6 Å². The van der Waals surface area contributed by atoms with Crippen LogP contribution in [0.1, 0.15) is 36.0 Å². The fourth-order valence-electron chi connectivity index (χ4n) is 4.07. The minimum Gasteiger partial charge on any atom is -0.339 e. The van der Waals surface area contributed by atoms with Crippen LogP contribution >= 0.6 is 15.9 Å². The zero-order valence-corrected chi connectivity index (χ0v) is 18.2. The van der Waals surface area contributed by atoms with Gasteiger partial charge in [0.15, 0.2) is 0 Å². The molecule has 156 valence electrons. The Morgan fingerprint density at radius 2 is 1.67 bits per heavy atom. The van der Waals surface area contributed by atoms with E-state index in [0.717, 1.165) is 42.5 Å². The van der Waals surface area contributed by atoms with Gasteiger partial charge in [-0.15, -0.1) is 0 Å². The average Bonchev–Trinajstić information content (AvgIpc) is 3.16. The smallest absolute Gasteiger partial charge is 0.255 e. The second kappa shape index (κ2) is 9.00. The third-order valence-electron chi connectivity index (χ3n) is 5.70. The van der Waals surface area contributed by atoms with Crippen LogP contribution in [0.4, 0.5) is 11.4 Å². The minimum absolute atomic E-state index is 0.0528. The number of hydrogen-bond donors (Lipinski definition) is 1. The minimum atomic E-state index is -0.470. The molecule has 7 heteroatoms. The van der Waals surface area contributed by atoms with Gasteiger partial charge in [0, 0.05) is 30.5 Å². The number of halogens is 1. The van der Waals surface area contributed by atoms with E-state index in [0.29, 0.717) is 17.8 Å². The zero-order valence-electron chi connectivity index (χ0n) is 16.6. The van der Waals surface area contributed by atoms with Gasteiger partial charge in [-0.3, -0.25) is 14.4 Å². The molecule has 6 nitrogen and oxygen atoms in total. The van der Waals surface area contributed by atoms with Crippen LogP contribution in [-0.2, 0) is 9.59 Å². The molecule has 2 aromatic carbocycles. The first-order valence-corrected chi connectivity index (χ1v) is 11.1. The zero-order chi connectivity index (χ0) is 21.1. The van der Waals surface area contributed by atoms with Crippen molar-refractivity contribution in [1.82, 2.24) is 4.90 Å². The van der Waals surface area contributed by atoms with Crippen LogP contribution in [0.25, 0.3) is 0 Å². The highest BCUT2D eigenvalue weighted by molar-refractivity contribution is 9.10. The monoisotopic (exact) mass is 469 g/mol. The summed E-state index contributed by atoms with van der Waals surface area (Å²) in [6.07, 6.45) is 3.31. The first kappa shape index (κ1) is 20.6. The van der Waals surface area contributed by atoms with Gasteiger partial charge in [-0.05, 0) is 59.5 Å². The van der Waals surface area contributed by atoms with Gasteiger partial charge >= 0.3 is 0 Å². The highest BCUT2D eigenvalue weighted by atomic mass is 79.9. The fourth-order valence-corrected chi connectivity index (χ4v) is 4.57. The van der Waals surface area contributed by atoms with E-state index in [2.05, 4.69) is 21.2 Å². The SMILES string of the molecule is O=C(Nc1ccccc1C(=O)N1CCCCC1)C1CC(=O)N(c2ccccc2Br)C1. The largest absolute Gasteiger partial charge is 0.339 e. The molecular weight excluding hydrogens is 446 g/mol. The van der Waals surface area contributed by atoms with E-state index >= 15 is 0 Å². The Balaban J connectivity index is 1.48. The fraction of sp³-hybridized carbons (Fsp3) is 0.348. The summed E-state index contributed by atoms with van der Waals surface area (Å²) in [6.45, 7) is 1.81. The molecule has 0 radical (unpaired) electrons. The van der Waals surface area contributed by atoms with Crippen molar-refractivity contribution in [3.8, 4) is 0 Å². The summed E-state index contributed by atoms with van der Waals surface area (Å²) in [5.41, 5.74) is 1.77. The molecule has 2 fully saturated rings. The quantitative estimate of drug-likeness (QED) is 0.733. The number of likely N-dealkylation sites (tertiary alicyclic amines) is 1. The van der Waals surface area contributed by atoms with Gasteiger partial charge in [0.25, 0.3) is 5.91 Å². The van der Waals surface area contributed by atoms with Crippen molar-refractivity contribution < 1.29 is 14.4 Å². The molecule has 1 N–H and O–H groups in total. The van der Waals surface area contributed by atoms with Crippen LogP contribution in [0.5, 0.6) is 0 Å². The Labute approximate surface area is 184 Å². The molecule has 4 rings (SSSR count). The summed E-state index contributed by atoms with van der Waals surface area (Å²) >= 11 is 3.47. The van der Waals surface area contributed by atoms with Crippen molar-refractivity contribution in [2.75, 3.05) is 29.9 Å². The Bertz CT molecular complexity index is 972. The van der Waals surface area contributed by atoms with Crippen LogP contribution in [0.2, 0.25) is 0 Å². The summed E-state index contributed by atoms with van der Waals surface area (Å²) in [7, 11) is 0. The first-order chi connectivity index (χ1) is 14.5. The normalized spacial score (nSPS) is 19.1. The van der Waals surface area contributed by atoms with E-state index in [1.807, 2.05) is 29.2 Å². The summed E-state index contributed by atoms with van der Waals surface area (Å²) in [4.78, 5) is 41.9. The predicted octanol–water partition coefficient (Wildman–Crippen LogP) is 4.07. The molecule has 2 aliphatic rings. The molecular formula is C23H24BrN3O3. The molecule has 0 bridgehead atoms. The Kier molecular flexibility index (Phi) is 6.18. The average molecular weight is 470 g/mol. The Morgan fingerprint density at radius 3 is 2.43 bits per heavy atom. The molecule has 0 aromatic heterocycles. The topological polar surface area (TPSA) is 69.7 Å². The van der Waals surface area contributed by atoms with Gasteiger partial charge < -0.3 is 15.1 Å². The number of benzene rings is 2. The van der Waals surface area contributed by atoms with E-state index in [1.54, 1.807) is 29.2 Å². The Morgan fingerprint density at radius 1 is 0.967 bits per heavy atom. The number of amides is 3. The lowest BCUT2D eigenvalue weighted by atomic mass is 10.1. The number of para-hydroxylation sites is 2. The van der Waals surface area contributed by atoms with Crippen molar-refractivity contribution in [2.45, 2.75) is 25.7 Å². The summed E-state index contributed by atoms with van der Waals surface area (Å²) < 4.78 is 0.817.